The number of carbonyl (C=O) groups excluding carboxylic acids is 1. The van der Waals surface area contributed by atoms with Gasteiger partial charge in [0.25, 0.3) is 5.91 Å². The zero-order valence-corrected chi connectivity index (χ0v) is 14.3. The first-order chi connectivity index (χ1) is 11.8. The van der Waals surface area contributed by atoms with Crippen molar-refractivity contribution in [2.24, 2.45) is 0 Å². The van der Waals surface area contributed by atoms with Crippen LogP contribution in [0.2, 0.25) is 0 Å². The minimum absolute atomic E-state index is 0.0305. The van der Waals surface area contributed by atoms with E-state index in [1.165, 1.54) is 0 Å². The lowest BCUT2D eigenvalue weighted by Gasteiger charge is -2.21. The predicted octanol–water partition coefficient (Wildman–Crippen LogP) is 2.32. The lowest BCUT2D eigenvalue weighted by atomic mass is 10.0. The second-order valence-electron chi connectivity index (χ2n) is 6.19. The largest absolute Gasteiger partial charge is 0.463 e. The van der Waals surface area contributed by atoms with Gasteiger partial charge >= 0.3 is 0 Å². The van der Waals surface area contributed by atoms with Gasteiger partial charge in [-0.2, -0.15) is 5.10 Å². The third-order valence-electron chi connectivity index (χ3n) is 3.84. The quantitative estimate of drug-likeness (QED) is 0.661. The number of carbonyl (C=O) groups is 1. The van der Waals surface area contributed by atoms with Gasteiger partial charge in [0.15, 0.2) is 5.82 Å². The Morgan fingerprint density at radius 1 is 1.32 bits per heavy atom. The predicted molar refractivity (Wildman–Crippen MR) is 91.9 cm³/mol. The average Bonchev–Trinajstić information content (AvgIpc) is 3.22. The van der Waals surface area contributed by atoms with Crippen LogP contribution in [0.15, 0.2) is 40.8 Å². The summed E-state index contributed by atoms with van der Waals surface area (Å²) in [5, 5.41) is 20.1. The molecule has 2 aromatic heterocycles. The first-order valence-electron chi connectivity index (χ1n) is 7.92. The molecule has 0 radical (unpaired) electrons. The zero-order chi connectivity index (χ0) is 18.0. The fraction of sp³-hybridized carbons (Fsp3) is 0.278. The molecule has 0 aliphatic rings. The molecule has 3 aromatic rings. The van der Waals surface area contributed by atoms with Crippen molar-refractivity contribution in [3.63, 3.8) is 0 Å². The number of hydrogen-bond donors (Lipinski definition) is 3. The van der Waals surface area contributed by atoms with Crippen LogP contribution in [0.25, 0.3) is 11.4 Å². The van der Waals surface area contributed by atoms with Crippen molar-refractivity contribution in [1.29, 1.82) is 0 Å². The van der Waals surface area contributed by atoms with E-state index in [9.17, 15) is 9.90 Å². The van der Waals surface area contributed by atoms with Crippen molar-refractivity contribution < 1.29 is 14.3 Å². The Morgan fingerprint density at radius 2 is 2.12 bits per heavy atom. The number of aryl methyl sites for hydroxylation is 2. The Balaban J connectivity index is 1.71. The molecule has 7 heteroatoms. The maximum absolute atomic E-state index is 12.4. The van der Waals surface area contributed by atoms with Gasteiger partial charge in [0.2, 0.25) is 0 Å². The molecule has 25 heavy (non-hydrogen) atoms. The number of furan rings is 1. The molecule has 0 aliphatic carbocycles. The molecular weight excluding hydrogens is 320 g/mol. The number of benzene rings is 1. The fourth-order valence-corrected chi connectivity index (χ4v) is 2.44. The molecule has 3 rings (SSSR count). The van der Waals surface area contributed by atoms with Crippen LogP contribution in [0, 0.1) is 13.8 Å². The summed E-state index contributed by atoms with van der Waals surface area (Å²) >= 11 is 0. The number of rotatable bonds is 5. The number of H-pyrrole nitrogens is 1. The Labute approximate surface area is 145 Å². The van der Waals surface area contributed by atoms with E-state index in [0.29, 0.717) is 28.7 Å². The van der Waals surface area contributed by atoms with Crippen LogP contribution >= 0.6 is 0 Å². The summed E-state index contributed by atoms with van der Waals surface area (Å²) in [7, 11) is 0. The summed E-state index contributed by atoms with van der Waals surface area (Å²) in [4.78, 5) is 16.7. The average molecular weight is 340 g/mol. The number of aliphatic hydroxyl groups is 1. The topological polar surface area (TPSA) is 104 Å². The molecule has 7 nitrogen and oxygen atoms in total. The van der Waals surface area contributed by atoms with E-state index in [-0.39, 0.29) is 12.5 Å². The van der Waals surface area contributed by atoms with Gasteiger partial charge in [0.05, 0.1) is 6.54 Å². The highest BCUT2D eigenvalue weighted by Crippen LogP contribution is 2.22. The summed E-state index contributed by atoms with van der Waals surface area (Å²) in [5.41, 5.74) is -0.0839. The van der Waals surface area contributed by atoms with Crippen LogP contribution in [0.5, 0.6) is 0 Å². The lowest BCUT2D eigenvalue weighted by molar-refractivity contribution is 0.0323. The van der Waals surface area contributed by atoms with Crippen molar-refractivity contribution in [1.82, 2.24) is 20.5 Å². The Bertz CT molecular complexity index is 895. The van der Waals surface area contributed by atoms with Crippen LogP contribution < -0.4 is 5.32 Å². The smallest absolute Gasteiger partial charge is 0.251 e. The molecule has 1 aromatic carbocycles. The Morgan fingerprint density at radius 3 is 2.76 bits per heavy atom. The van der Waals surface area contributed by atoms with Crippen molar-refractivity contribution in [2.75, 3.05) is 6.54 Å². The maximum atomic E-state index is 12.4. The van der Waals surface area contributed by atoms with Crippen LogP contribution in [-0.4, -0.2) is 32.7 Å². The summed E-state index contributed by atoms with van der Waals surface area (Å²) in [6.45, 7) is 5.24. The van der Waals surface area contributed by atoms with Gasteiger partial charge in [-0.25, -0.2) is 4.98 Å². The molecule has 1 amide bonds. The Hall–Kier alpha value is -2.93. The number of nitrogens with zero attached hydrogens (tertiary/aromatic N) is 2. The summed E-state index contributed by atoms with van der Waals surface area (Å²) < 4.78 is 5.44. The third kappa shape index (κ3) is 3.77. The lowest BCUT2D eigenvalue weighted by Crippen LogP contribution is -2.38. The van der Waals surface area contributed by atoms with Crippen LogP contribution in [-0.2, 0) is 5.60 Å². The number of nitrogens with one attached hydrogen (secondary N) is 2. The molecule has 0 aliphatic heterocycles. The van der Waals surface area contributed by atoms with Gasteiger partial charge in [0.1, 0.15) is 22.9 Å². The normalized spacial score (nSPS) is 13.4. The van der Waals surface area contributed by atoms with E-state index in [2.05, 4.69) is 20.5 Å². The molecule has 0 spiro atoms. The molecule has 1 unspecified atom stereocenters. The molecule has 3 N–H and O–H groups in total. The van der Waals surface area contributed by atoms with Gasteiger partial charge in [-0.1, -0.05) is 12.1 Å². The van der Waals surface area contributed by atoms with E-state index in [1.807, 2.05) is 13.0 Å². The molecular formula is C18H20N4O3. The highest BCUT2D eigenvalue weighted by atomic mass is 16.4. The summed E-state index contributed by atoms with van der Waals surface area (Å²) in [6, 6.07) is 10.5. The SMILES string of the molecule is Cc1nc(-c2cccc(C(=O)NCC(C)(O)c3ccc(C)o3)c2)n[nH]1. The number of aromatic amines is 1. The molecule has 0 fully saturated rings. The van der Waals surface area contributed by atoms with Crippen LogP contribution in [0.1, 0.15) is 34.6 Å². The second-order valence-corrected chi connectivity index (χ2v) is 6.19. The van der Waals surface area contributed by atoms with E-state index in [1.54, 1.807) is 44.2 Å². The first-order valence-corrected chi connectivity index (χ1v) is 7.92. The first kappa shape index (κ1) is 16.9. The van der Waals surface area contributed by atoms with E-state index >= 15 is 0 Å². The molecule has 130 valence electrons. The van der Waals surface area contributed by atoms with E-state index in [0.717, 1.165) is 5.56 Å². The van der Waals surface area contributed by atoms with E-state index < -0.39 is 5.60 Å². The molecule has 0 saturated heterocycles. The minimum Gasteiger partial charge on any atom is -0.463 e. The monoisotopic (exact) mass is 340 g/mol. The second kappa shape index (κ2) is 6.52. The van der Waals surface area contributed by atoms with Crippen molar-refractivity contribution in [2.45, 2.75) is 26.4 Å². The Kier molecular flexibility index (Phi) is 4.41. The number of aromatic nitrogens is 3. The van der Waals surface area contributed by atoms with Gasteiger partial charge in [-0.05, 0) is 45.0 Å². The van der Waals surface area contributed by atoms with Crippen molar-refractivity contribution in [3.05, 3.63) is 59.3 Å². The highest BCUT2D eigenvalue weighted by Gasteiger charge is 2.27. The summed E-state index contributed by atoms with van der Waals surface area (Å²) in [5.74, 6) is 2.06. The van der Waals surface area contributed by atoms with Gasteiger partial charge in [-0.3, -0.25) is 9.89 Å². The van der Waals surface area contributed by atoms with Crippen molar-refractivity contribution >= 4 is 5.91 Å². The maximum Gasteiger partial charge on any atom is 0.251 e. The van der Waals surface area contributed by atoms with Gasteiger partial charge in [0, 0.05) is 11.1 Å². The highest BCUT2D eigenvalue weighted by molar-refractivity contribution is 5.95. The zero-order valence-electron chi connectivity index (χ0n) is 14.3. The van der Waals surface area contributed by atoms with E-state index in [4.69, 9.17) is 4.42 Å². The molecule has 1 atom stereocenters. The van der Waals surface area contributed by atoms with Crippen molar-refractivity contribution in [3.8, 4) is 11.4 Å². The third-order valence-corrected chi connectivity index (χ3v) is 3.84. The minimum atomic E-state index is -1.29. The number of amides is 1. The van der Waals surface area contributed by atoms with Gasteiger partial charge < -0.3 is 14.8 Å². The van der Waals surface area contributed by atoms with Gasteiger partial charge in [-0.15, -0.1) is 0 Å². The van der Waals surface area contributed by atoms with Crippen LogP contribution in [0.4, 0.5) is 0 Å². The molecule has 0 bridgehead atoms. The summed E-state index contributed by atoms with van der Waals surface area (Å²) in [6.07, 6.45) is 0. The van der Waals surface area contributed by atoms with Crippen LogP contribution in [0.3, 0.4) is 0 Å². The number of hydrogen-bond acceptors (Lipinski definition) is 5. The molecule has 2 heterocycles. The molecule has 0 saturated carbocycles. The fourth-order valence-electron chi connectivity index (χ4n) is 2.44. The standard InChI is InChI=1S/C18H20N4O3/c1-11-7-8-15(25-11)18(3,24)10-19-17(23)14-6-4-5-13(9-14)16-20-12(2)21-22-16/h4-9,24H,10H2,1-3H3,(H,19,23)(H,20,21,22).